The lowest BCUT2D eigenvalue weighted by atomic mass is 10.2. The Bertz CT molecular complexity index is 917. The Balaban J connectivity index is 2.31. The van der Waals surface area contributed by atoms with Gasteiger partial charge in [0.25, 0.3) is 0 Å². The van der Waals surface area contributed by atoms with E-state index in [0.29, 0.717) is 22.0 Å². The summed E-state index contributed by atoms with van der Waals surface area (Å²) in [6, 6.07) is 9.63. The summed E-state index contributed by atoms with van der Waals surface area (Å²) in [5.41, 5.74) is 1.20. The average Bonchev–Trinajstić information content (AvgIpc) is 2.51. The molecular formula is C16H15Cl3N2O3S. The van der Waals surface area contributed by atoms with Crippen LogP contribution in [0, 0.1) is 6.92 Å². The lowest BCUT2D eigenvalue weighted by Crippen LogP contribution is -2.38. The van der Waals surface area contributed by atoms with Crippen LogP contribution in [0.4, 0.5) is 11.4 Å². The van der Waals surface area contributed by atoms with Crippen molar-refractivity contribution >= 4 is 62.1 Å². The van der Waals surface area contributed by atoms with Crippen molar-refractivity contribution in [3.63, 3.8) is 0 Å². The first kappa shape index (κ1) is 19.8. The summed E-state index contributed by atoms with van der Waals surface area (Å²) in [7, 11) is -3.71. The highest BCUT2D eigenvalue weighted by Crippen LogP contribution is 2.30. The molecule has 2 rings (SSSR count). The fraction of sp³-hybridized carbons (Fsp3) is 0.188. The Morgan fingerprint density at radius 2 is 1.68 bits per heavy atom. The molecule has 0 radical (unpaired) electrons. The number of halogens is 3. The van der Waals surface area contributed by atoms with Gasteiger partial charge >= 0.3 is 0 Å². The predicted molar refractivity (Wildman–Crippen MR) is 103 cm³/mol. The minimum absolute atomic E-state index is 0.183. The van der Waals surface area contributed by atoms with E-state index >= 15 is 0 Å². The lowest BCUT2D eigenvalue weighted by Gasteiger charge is -2.24. The third kappa shape index (κ3) is 4.79. The minimum atomic E-state index is -3.71. The molecule has 2 aromatic rings. The molecule has 134 valence electrons. The number of hydrogen-bond acceptors (Lipinski definition) is 3. The molecule has 0 unspecified atom stereocenters. The second-order valence-electron chi connectivity index (χ2n) is 5.30. The maximum absolute atomic E-state index is 12.4. The van der Waals surface area contributed by atoms with E-state index in [0.717, 1.165) is 10.6 Å². The van der Waals surface area contributed by atoms with Gasteiger partial charge in [0.2, 0.25) is 15.9 Å². The molecule has 0 saturated heterocycles. The molecule has 1 N–H and O–H groups in total. The molecule has 0 aromatic heterocycles. The molecule has 0 bridgehead atoms. The van der Waals surface area contributed by atoms with Crippen molar-refractivity contribution in [2.45, 2.75) is 6.92 Å². The number of nitrogens with zero attached hydrogens (tertiary/aromatic N) is 1. The average molecular weight is 422 g/mol. The number of hydrogen-bond donors (Lipinski definition) is 1. The maximum atomic E-state index is 12.4. The van der Waals surface area contributed by atoms with Gasteiger partial charge in [-0.05, 0) is 36.8 Å². The zero-order chi connectivity index (χ0) is 18.8. The molecule has 25 heavy (non-hydrogen) atoms. The van der Waals surface area contributed by atoms with E-state index < -0.39 is 22.5 Å². The summed E-state index contributed by atoms with van der Waals surface area (Å²) >= 11 is 18.0. The van der Waals surface area contributed by atoms with Gasteiger partial charge in [0.15, 0.2) is 0 Å². The van der Waals surface area contributed by atoms with E-state index in [-0.39, 0.29) is 10.0 Å². The quantitative estimate of drug-likeness (QED) is 0.780. The first-order chi connectivity index (χ1) is 11.6. The van der Waals surface area contributed by atoms with E-state index in [1.54, 1.807) is 43.3 Å². The van der Waals surface area contributed by atoms with Gasteiger partial charge in [-0.25, -0.2) is 8.42 Å². The summed E-state index contributed by atoms with van der Waals surface area (Å²) in [6.45, 7) is 1.25. The Labute approximate surface area is 161 Å². The Morgan fingerprint density at radius 3 is 2.32 bits per heavy atom. The number of carbonyl (C=O) groups excluding carboxylic acids is 1. The molecule has 9 heteroatoms. The van der Waals surface area contributed by atoms with E-state index in [4.69, 9.17) is 34.8 Å². The van der Waals surface area contributed by atoms with Gasteiger partial charge in [0.05, 0.1) is 27.7 Å². The summed E-state index contributed by atoms with van der Waals surface area (Å²) in [5.74, 6) is -0.561. The molecule has 0 spiro atoms. The molecule has 0 saturated carbocycles. The molecular weight excluding hydrogens is 407 g/mol. The van der Waals surface area contributed by atoms with E-state index in [1.165, 1.54) is 0 Å². The Hall–Kier alpha value is -1.47. The molecule has 1 amide bonds. The van der Waals surface area contributed by atoms with Crippen molar-refractivity contribution in [3.8, 4) is 0 Å². The number of carbonyl (C=O) groups is 1. The molecule has 0 heterocycles. The van der Waals surface area contributed by atoms with Crippen molar-refractivity contribution in [1.82, 2.24) is 0 Å². The first-order valence-electron chi connectivity index (χ1n) is 7.08. The van der Waals surface area contributed by atoms with Gasteiger partial charge in [-0.3, -0.25) is 9.10 Å². The number of anilines is 2. The summed E-state index contributed by atoms with van der Waals surface area (Å²) in [4.78, 5) is 12.4. The summed E-state index contributed by atoms with van der Waals surface area (Å²) in [6.07, 6.45) is 1.02. The van der Waals surface area contributed by atoms with Gasteiger partial charge < -0.3 is 5.32 Å². The predicted octanol–water partition coefficient (Wildman–Crippen LogP) is 4.36. The van der Waals surface area contributed by atoms with Gasteiger partial charge in [0, 0.05) is 5.02 Å². The van der Waals surface area contributed by atoms with E-state index in [1.807, 2.05) is 0 Å². The zero-order valence-electron chi connectivity index (χ0n) is 13.4. The van der Waals surface area contributed by atoms with Gasteiger partial charge in [0.1, 0.15) is 6.54 Å². The van der Waals surface area contributed by atoms with Crippen molar-refractivity contribution in [2.24, 2.45) is 0 Å². The van der Waals surface area contributed by atoms with Crippen LogP contribution in [0.25, 0.3) is 0 Å². The minimum Gasteiger partial charge on any atom is -0.323 e. The number of nitrogens with one attached hydrogen (secondary N) is 1. The Kier molecular flexibility index (Phi) is 6.21. The zero-order valence-corrected chi connectivity index (χ0v) is 16.5. The second-order valence-corrected chi connectivity index (χ2v) is 8.40. The summed E-state index contributed by atoms with van der Waals surface area (Å²) in [5, 5.41) is 3.44. The maximum Gasteiger partial charge on any atom is 0.245 e. The highest BCUT2D eigenvalue weighted by atomic mass is 35.5. The monoisotopic (exact) mass is 420 g/mol. The van der Waals surface area contributed by atoms with Crippen LogP contribution in [-0.4, -0.2) is 27.1 Å². The third-order valence-electron chi connectivity index (χ3n) is 3.42. The highest BCUT2D eigenvalue weighted by molar-refractivity contribution is 7.92. The smallest absolute Gasteiger partial charge is 0.245 e. The topological polar surface area (TPSA) is 66.5 Å². The van der Waals surface area contributed by atoms with Gasteiger partial charge in [-0.15, -0.1) is 0 Å². The van der Waals surface area contributed by atoms with Crippen LogP contribution in [0.5, 0.6) is 0 Å². The second kappa shape index (κ2) is 7.83. The summed E-state index contributed by atoms with van der Waals surface area (Å²) < 4.78 is 25.3. The number of rotatable bonds is 5. The van der Waals surface area contributed by atoms with Gasteiger partial charge in [-0.1, -0.05) is 46.9 Å². The van der Waals surface area contributed by atoms with E-state index in [2.05, 4.69) is 5.32 Å². The molecule has 0 aliphatic carbocycles. The van der Waals surface area contributed by atoms with Crippen LogP contribution in [0.1, 0.15) is 5.56 Å². The van der Waals surface area contributed by atoms with Crippen molar-refractivity contribution in [2.75, 3.05) is 22.4 Å². The largest absolute Gasteiger partial charge is 0.323 e. The van der Waals surface area contributed by atoms with Crippen molar-refractivity contribution in [1.29, 1.82) is 0 Å². The van der Waals surface area contributed by atoms with Crippen LogP contribution in [0.15, 0.2) is 36.4 Å². The third-order valence-corrected chi connectivity index (χ3v) is 5.78. The van der Waals surface area contributed by atoms with Crippen molar-refractivity contribution in [3.05, 3.63) is 57.0 Å². The molecule has 2 aromatic carbocycles. The van der Waals surface area contributed by atoms with Gasteiger partial charge in [-0.2, -0.15) is 0 Å². The Morgan fingerprint density at radius 1 is 1.08 bits per heavy atom. The number of amides is 1. The fourth-order valence-electron chi connectivity index (χ4n) is 2.17. The van der Waals surface area contributed by atoms with Crippen LogP contribution in [-0.2, 0) is 14.8 Å². The molecule has 0 fully saturated rings. The van der Waals surface area contributed by atoms with Crippen LogP contribution in [0.2, 0.25) is 15.1 Å². The molecule has 5 nitrogen and oxygen atoms in total. The molecule has 0 atom stereocenters. The normalized spacial score (nSPS) is 11.2. The fourth-order valence-corrected chi connectivity index (χ4v) is 3.59. The molecule has 0 aliphatic rings. The van der Waals surface area contributed by atoms with E-state index in [9.17, 15) is 13.2 Å². The standard InChI is InChI=1S/C16H15Cl3N2O3S/c1-10-11(17)5-4-8-14(10)21(25(2,23)24)9-15(22)20-13-7-3-6-12(18)16(13)19/h3-8H,9H2,1-2H3,(H,20,22). The SMILES string of the molecule is Cc1c(Cl)cccc1N(CC(=O)Nc1cccc(Cl)c1Cl)S(C)(=O)=O. The van der Waals surface area contributed by atoms with Crippen LogP contribution >= 0.6 is 34.8 Å². The lowest BCUT2D eigenvalue weighted by molar-refractivity contribution is -0.114. The number of benzene rings is 2. The van der Waals surface area contributed by atoms with Crippen LogP contribution < -0.4 is 9.62 Å². The number of sulfonamides is 1. The first-order valence-corrected chi connectivity index (χ1v) is 10.1. The van der Waals surface area contributed by atoms with Crippen molar-refractivity contribution < 1.29 is 13.2 Å². The van der Waals surface area contributed by atoms with Crippen LogP contribution in [0.3, 0.4) is 0 Å². The highest BCUT2D eigenvalue weighted by Gasteiger charge is 2.23. The molecule has 0 aliphatic heterocycles.